The number of nitrogens with one attached hydrogen (secondary N) is 1. The van der Waals surface area contributed by atoms with E-state index < -0.39 is 0 Å². The zero-order valence-corrected chi connectivity index (χ0v) is 17.3. The standard InChI is InChI=1S/C23H27N5O/c1-17(2)28(16-18-8-6-5-7-9-18)22(29)21-14-15-24-23(26-21)25-19-10-12-20(13-11-19)27(3)4/h5-15,17H,16H2,1-4H3,(H,24,25,26). The highest BCUT2D eigenvalue weighted by Gasteiger charge is 2.21. The number of amides is 1. The Labute approximate surface area is 172 Å². The Bertz CT molecular complexity index is 939. The van der Waals surface area contributed by atoms with Gasteiger partial charge in [-0.2, -0.15) is 0 Å². The molecule has 0 atom stereocenters. The summed E-state index contributed by atoms with van der Waals surface area (Å²) in [6, 6.07) is 19.6. The Balaban J connectivity index is 1.77. The zero-order chi connectivity index (χ0) is 20.8. The van der Waals surface area contributed by atoms with Crippen LogP contribution in [0.4, 0.5) is 17.3 Å². The van der Waals surface area contributed by atoms with Gasteiger partial charge in [0, 0.05) is 44.3 Å². The average molecular weight is 390 g/mol. The molecular formula is C23H27N5O. The number of nitrogens with zero attached hydrogens (tertiary/aromatic N) is 4. The molecule has 0 unspecified atom stereocenters. The van der Waals surface area contributed by atoms with Gasteiger partial charge in [0.15, 0.2) is 0 Å². The molecular weight excluding hydrogens is 362 g/mol. The Morgan fingerprint density at radius 1 is 1.00 bits per heavy atom. The van der Waals surface area contributed by atoms with Crippen LogP contribution in [0.15, 0.2) is 66.9 Å². The smallest absolute Gasteiger partial charge is 0.273 e. The van der Waals surface area contributed by atoms with Crippen LogP contribution in [0, 0.1) is 0 Å². The van der Waals surface area contributed by atoms with E-state index in [9.17, 15) is 4.79 Å². The van der Waals surface area contributed by atoms with Gasteiger partial charge in [-0.3, -0.25) is 4.79 Å². The van der Waals surface area contributed by atoms with E-state index in [2.05, 4.69) is 15.3 Å². The highest BCUT2D eigenvalue weighted by Crippen LogP contribution is 2.19. The zero-order valence-electron chi connectivity index (χ0n) is 17.3. The van der Waals surface area contributed by atoms with E-state index in [1.54, 1.807) is 12.3 Å². The number of carbonyl (C=O) groups excluding carboxylic acids is 1. The van der Waals surface area contributed by atoms with E-state index in [0.717, 1.165) is 16.9 Å². The lowest BCUT2D eigenvalue weighted by Gasteiger charge is -2.26. The van der Waals surface area contributed by atoms with Crippen molar-refractivity contribution < 1.29 is 4.79 Å². The van der Waals surface area contributed by atoms with Crippen molar-refractivity contribution in [3.05, 3.63) is 78.1 Å². The van der Waals surface area contributed by atoms with Crippen molar-refractivity contribution in [2.75, 3.05) is 24.3 Å². The number of hydrogen-bond donors (Lipinski definition) is 1. The highest BCUT2D eigenvalue weighted by atomic mass is 16.2. The van der Waals surface area contributed by atoms with Crippen LogP contribution in [-0.2, 0) is 6.54 Å². The van der Waals surface area contributed by atoms with E-state index in [0.29, 0.717) is 18.2 Å². The third-order valence-corrected chi connectivity index (χ3v) is 4.59. The third kappa shape index (κ3) is 5.31. The fourth-order valence-corrected chi connectivity index (χ4v) is 2.93. The molecule has 1 N–H and O–H groups in total. The molecule has 0 saturated carbocycles. The molecule has 1 aromatic heterocycles. The van der Waals surface area contributed by atoms with Gasteiger partial charge in [-0.05, 0) is 49.7 Å². The number of hydrogen-bond acceptors (Lipinski definition) is 5. The monoisotopic (exact) mass is 389 g/mol. The first-order chi connectivity index (χ1) is 13.9. The second-order valence-electron chi connectivity index (χ2n) is 7.34. The number of aromatic nitrogens is 2. The summed E-state index contributed by atoms with van der Waals surface area (Å²) < 4.78 is 0. The summed E-state index contributed by atoms with van der Waals surface area (Å²) in [5, 5.41) is 3.17. The van der Waals surface area contributed by atoms with Gasteiger partial charge in [-0.25, -0.2) is 9.97 Å². The van der Waals surface area contributed by atoms with Gasteiger partial charge in [0.05, 0.1) is 0 Å². The molecule has 2 aromatic carbocycles. The molecule has 0 radical (unpaired) electrons. The van der Waals surface area contributed by atoms with Gasteiger partial charge in [0.1, 0.15) is 5.69 Å². The molecule has 29 heavy (non-hydrogen) atoms. The minimum absolute atomic E-state index is 0.0488. The normalized spacial score (nSPS) is 10.7. The molecule has 1 amide bonds. The Kier molecular flexibility index (Phi) is 6.44. The molecule has 0 aliphatic rings. The third-order valence-electron chi connectivity index (χ3n) is 4.59. The molecule has 150 valence electrons. The molecule has 3 aromatic rings. The summed E-state index contributed by atoms with van der Waals surface area (Å²) in [7, 11) is 3.99. The number of benzene rings is 2. The van der Waals surface area contributed by atoms with E-state index in [-0.39, 0.29) is 11.9 Å². The molecule has 6 nitrogen and oxygen atoms in total. The van der Waals surface area contributed by atoms with Crippen LogP contribution in [0.1, 0.15) is 29.9 Å². The average Bonchev–Trinajstić information content (AvgIpc) is 2.72. The quantitative estimate of drug-likeness (QED) is 0.651. The van der Waals surface area contributed by atoms with Crippen LogP contribution < -0.4 is 10.2 Å². The summed E-state index contributed by atoms with van der Waals surface area (Å²) in [6.45, 7) is 4.55. The molecule has 6 heteroatoms. The molecule has 0 saturated heterocycles. The second-order valence-corrected chi connectivity index (χ2v) is 7.34. The van der Waals surface area contributed by atoms with Crippen LogP contribution in [0.25, 0.3) is 0 Å². The lowest BCUT2D eigenvalue weighted by Crippen LogP contribution is -2.37. The van der Waals surface area contributed by atoms with Crippen molar-refractivity contribution in [2.24, 2.45) is 0 Å². The van der Waals surface area contributed by atoms with Gasteiger partial charge < -0.3 is 15.1 Å². The molecule has 0 bridgehead atoms. The van der Waals surface area contributed by atoms with Crippen LogP contribution >= 0.6 is 0 Å². The summed E-state index contributed by atoms with van der Waals surface area (Å²) in [5.74, 6) is 0.286. The number of anilines is 3. The van der Waals surface area contributed by atoms with Gasteiger partial charge in [0.25, 0.3) is 5.91 Å². The van der Waals surface area contributed by atoms with Crippen LogP contribution in [-0.4, -0.2) is 40.9 Å². The van der Waals surface area contributed by atoms with Crippen molar-refractivity contribution in [2.45, 2.75) is 26.4 Å². The Hall–Kier alpha value is -3.41. The maximum Gasteiger partial charge on any atom is 0.273 e. The van der Waals surface area contributed by atoms with Gasteiger partial charge in [0.2, 0.25) is 5.95 Å². The van der Waals surface area contributed by atoms with Crippen LogP contribution in [0.5, 0.6) is 0 Å². The summed E-state index contributed by atoms with van der Waals surface area (Å²) in [4.78, 5) is 25.7. The minimum atomic E-state index is -0.114. The fraction of sp³-hybridized carbons (Fsp3) is 0.261. The molecule has 0 aliphatic carbocycles. The van der Waals surface area contributed by atoms with Crippen molar-refractivity contribution in [3.63, 3.8) is 0 Å². The fourth-order valence-electron chi connectivity index (χ4n) is 2.93. The highest BCUT2D eigenvalue weighted by molar-refractivity contribution is 5.92. The van der Waals surface area contributed by atoms with Gasteiger partial charge in [-0.1, -0.05) is 30.3 Å². The van der Waals surface area contributed by atoms with E-state index >= 15 is 0 Å². The molecule has 0 spiro atoms. The van der Waals surface area contributed by atoms with Crippen LogP contribution in [0.2, 0.25) is 0 Å². The SMILES string of the molecule is CC(C)N(Cc1ccccc1)C(=O)c1ccnc(Nc2ccc(N(C)C)cc2)n1. The van der Waals surface area contributed by atoms with Crippen molar-refractivity contribution in [1.29, 1.82) is 0 Å². The first kappa shape index (κ1) is 20.3. The van der Waals surface area contributed by atoms with E-state index in [4.69, 9.17) is 0 Å². The molecule has 0 fully saturated rings. The summed E-state index contributed by atoms with van der Waals surface area (Å²) >= 11 is 0. The first-order valence-corrected chi connectivity index (χ1v) is 9.66. The molecule has 0 aliphatic heterocycles. The second kappa shape index (κ2) is 9.19. The maximum absolute atomic E-state index is 13.1. The largest absolute Gasteiger partial charge is 0.378 e. The predicted molar refractivity (Wildman–Crippen MR) is 118 cm³/mol. The first-order valence-electron chi connectivity index (χ1n) is 9.66. The van der Waals surface area contributed by atoms with Crippen molar-refractivity contribution >= 4 is 23.2 Å². The van der Waals surface area contributed by atoms with E-state index in [1.807, 2.05) is 92.3 Å². The van der Waals surface area contributed by atoms with E-state index in [1.165, 1.54) is 0 Å². The van der Waals surface area contributed by atoms with Crippen LogP contribution in [0.3, 0.4) is 0 Å². The molecule has 1 heterocycles. The predicted octanol–water partition coefficient (Wildman–Crippen LogP) is 4.34. The summed E-state index contributed by atoms with van der Waals surface area (Å²) in [6.07, 6.45) is 1.61. The number of rotatable bonds is 7. The van der Waals surface area contributed by atoms with Gasteiger partial charge in [-0.15, -0.1) is 0 Å². The lowest BCUT2D eigenvalue weighted by atomic mass is 10.1. The van der Waals surface area contributed by atoms with Crippen molar-refractivity contribution in [1.82, 2.24) is 14.9 Å². The minimum Gasteiger partial charge on any atom is -0.378 e. The molecule has 3 rings (SSSR count). The Morgan fingerprint density at radius 2 is 1.69 bits per heavy atom. The lowest BCUT2D eigenvalue weighted by molar-refractivity contribution is 0.0684. The number of carbonyl (C=O) groups is 1. The Morgan fingerprint density at radius 3 is 2.31 bits per heavy atom. The summed E-state index contributed by atoms with van der Waals surface area (Å²) in [5.41, 5.74) is 3.43. The topological polar surface area (TPSA) is 61.4 Å². The van der Waals surface area contributed by atoms with Gasteiger partial charge >= 0.3 is 0 Å². The maximum atomic E-state index is 13.1. The van der Waals surface area contributed by atoms with Crippen molar-refractivity contribution in [3.8, 4) is 0 Å².